The molecule has 0 spiro atoms. The monoisotopic (exact) mass is 337 g/mol. The predicted octanol–water partition coefficient (Wildman–Crippen LogP) is 3.79. The van der Waals surface area contributed by atoms with Crippen molar-refractivity contribution < 1.29 is 4.79 Å². The molecule has 0 aliphatic heterocycles. The number of nitrogens with one attached hydrogen (secondary N) is 1. The first-order valence-electron chi connectivity index (χ1n) is 7.86. The Morgan fingerprint density at radius 3 is 2.79 bits per heavy atom. The molecule has 0 bridgehead atoms. The Balaban J connectivity index is 1.61. The van der Waals surface area contributed by atoms with Crippen LogP contribution in [0.2, 0.25) is 0 Å². The Kier molecular flexibility index (Phi) is 5.01. The van der Waals surface area contributed by atoms with Crippen molar-refractivity contribution in [1.82, 2.24) is 15.3 Å². The smallest absolute Gasteiger partial charge is 0.251 e. The minimum absolute atomic E-state index is 0.0363. The van der Waals surface area contributed by atoms with Gasteiger partial charge >= 0.3 is 0 Å². The number of carbonyl (C=O) groups excluding carboxylic acids is 1. The van der Waals surface area contributed by atoms with Gasteiger partial charge in [0.15, 0.2) is 0 Å². The predicted molar refractivity (Wildman–Crippen MR) is 97.3 cm³/mol. The fraction of sp³-hybridized carbons (Fsp3) is 0.211. The van der Waals surface area contributed by atoms with Gasteiger partial charge in [-0.2, -0.15) is 0 Å². The molecule has 122 valence electrons. The lowest BCUT2D eigenvalue weighted by atomic mass is 10.1. The Morgan fingerprint density at radius 1 is 1.17 bits per heavy atom. The molecule has 5 heteroatoms. The number of hydrogen-bond donors (Lipinski definition) is 1. The van der Waals surface area contributed by atoms with Gasteiger partial charge in [0.2, 0.25) is 0 Å². The summed E-state index contributed by atoms with van der Waals surface area (Å²) in [5.41, 5.74) is 3.68. The van der Waals surface area contributed by atoms with E-state index in [-0.39, 0.29) is 5.91 Å². The van der Waals surface area contributed by atoms with Crippen molar-refractivity contribution in [2.75, 3.05) is 6.54 Å². The zero-order valence-electron chi connectivity index (χ0n) is 13.7. The van der Waals surface area contributed by atoms with Crippen LogP contribution in [0, 0.1) is 13.8 Å². The topological polar surface area (TPSA) is 54.9 Å². The fourth-order valence-electron chi connectivity index (χ4n) is 2.44. The van der Waals surface area contributed by atoms with E-state index in [1.165, 1.54) is 4.88 Å². The summed E-state index contributed by atoms with van der Waals surface area (Å²) in [4.78, 5) is 22.3. The number of benzene rings is 1. The molecule has 0 saturated carbocycles. The molecule has 0 unspecified atom stereocenters. The lowest BCUT2D eigenvalue weighted by molar-refractivity contribution is 0.0954. The quantitative estimate of drug-likeness (QED) is 0.770. The Bertz CT molecular complexity index is 843. The van der Waals surface area contributed by atoms with Crippen molar-refractivity contribution in [2.45, 2.75) is 20.3 Å². The molecular weight excluding hydrogens is 318 g/mol. The molecule has 3 rings (SSSR count). The van der Waals surface area contributed by atoms with Gasteiger partial charge in [0, 0.05) is 29.6 Å². The van der Waals surface area contributed by atoms with Gasteiger partial charge in [-0.15, -0.1) is 11.3 Å². The summed E-state index contributed by atoms with van der Waals surface area (Å²) >= 11 is 1.64. The fourth-order valence-corrected chi connectivity index (χ4v) is 3.48. The van der Waals surface area contributed by atoms with Gasteiger partial charge < -0.3 is 5.32 Å². The van der Waals surface area contributed by atoms with Gasteiger partial charge in [-0.1, -0.05) is 23.8 Å². The molecule has 24 heavy (non-hydrogen) atoms. The number of pyridine rings is 1. The van der Waals surface area contributed by atoms with Gasteiger partial charge in [-0.25, -0.2) is 4.98 Å². The van der Waals surface area contributed by atoms with Crippen molar-refractivity contribution in [3.8, 4) is 10.7 Å². The lowest BCUT2D eigenvalue weighted by Crippen LogP contribution is -2.25. The van der Waals surface area contributed by atoms with E-state index in [1.807, 2.05) is 56.3 Å². The second kappa shape index (κ2) is 7.36. The largest absolute Gasteiger partial charge is 0.352 e. The van der Waals surface area contributed by atoms with Crippen LogP contribution in [0.25, 0.3) is 10.7 Å². The number of thiazole rings is 1. The molecule has 3 aromatic rings. The SMILES string of the molecule is Cc1cccc(C(=O)NCCc2sc(-c3ccccn3)nc2C)c1. The number of hydrogen-bond acceptors (Lipinski definition) is 4. The molecule has 0 radical (unpaired) electrons. The lowest BCUT2D eigenvalue weighted by Gasteiger charge is -2.05. The van der Waals surface area contributed by atoms with Crippen molar-refractivity contribution >= 4 is 17.2 Å². The zero-order valence-corrected chi connectivity index (χ0v) is 14.6. The standard InChI is InChI=1S/C19H19N3OS/c1-13-6-5-7-15(12-13)18(23)21-11-9-17-14(2)22-19(24-17)16-8-3-4-10-20-16/h3-8,10,12H,9,11H2,1-2H3,(H,21,23). The van der Waals surface area contributed by atoms with Crippen molar-refractivity contribution in [2.24, 2.45) is 0 Å². The summed E-state index contributed by atoms with van der Waals surface area (Å²) in [6, 6.07) is 13.4. The summed E-state index contributed by atoms with van der Waals surface area (Å²) in [7, 11) is 0. The molecular formula is C19H19N3OS. The summed E-state index contributed by atoms with van der Waals surface area (Å²) in [6.45, 7) is 4.58. The highest BCUT2D eigenvalue weighted by molar-refractivity contribution is 7.15. The second-order valence-electron chi connectivity index (χ2n) is 5.62. The molecule has 1 aromatic carbocycles. The number of rotatable bonds is 5. The summed E-state index contributed by atoms with van der Waals surface area (Å²) < 4.78 is 0. The number of carbonyl (C=O) groups is 1. The van der Waals surface area contributed by atoms with Crippen LogP contribution in [0.5, 0.6) is 0 Å². The summed E-state index contributed by atoms with van der Waals surface area (Å²) in [6.07, 6.45) is 2.54. The first-order chi connectivity index (χ1) is 11.6. The van der Waals surface area contributed by atoms with Gasteiger partial charge in [-0.3, -0.25) is 9.78 Å². The minimum atomic E-state index is -0.0363. The Hall–Kier alpha value is -2.53. The van der Waals surface area contributed by atoms with Crippen LogP contribution in [-0.2, 0) is 6.42 Å². The first kappa shape index (κ1) is 16.3. The van der Waals surface area contributed by atoms with E-state index >= 15 is 0 Å². The van der Waals surface area contributed by atoms with E-state index in [0.29, 0.717) is 12.1 Å². The molecule has 1 amide bonds. The molecule has 0 saturated heterocycles. The van der Waals surface area contributed by atoms with Gasteiger partial charge in [0.1, 0.15) is 5.01 Å². The number of nitrogens with zero attached hydrogens (tertiary/aromatic N) is 2. The van der Waals surface area contributed by atoms with E-state index in [2.05, 4.69) is 15.3 Å². The van der Waals surface area contributed by atoms with Crippen LogP contribution < -0.4 is 5.32 Å². The highest BCUT2D eigenvalue weighted by atomic mass is 32.1. The number of amides is 1. The summed E-state index contributed by atoms with van der Waals surface area (Å²) in [5.74, 6) is -0.0363. The third kappa shape index (κ3) is 3.86. The maximum atomic E-state index is 12.2. The van der Waals surface area contributed by atoms with Gasteiger partial charge in [-0.05, 0) is 38.1 Å². The zero-order chi connectivity index (χ0) is 16.9. The molecule has 0 aliphatic carbocycles. The average Bonchev–Trinajstić information content (AvgIpc) is 2.96. The second-order valence-corrected chi connectivity index (χ2v) is 6.70. The van der Waals surface area contributed by atoms with Crippen LogP contribution >= 0.6 is 11.3 Å². The number of aryl methyl sites for hydroxylation is 2. The molecule has 0 atom stereocenters. The van der Waals surface area contributed by atoms with E-state index in [4.69, 9.17) is 0 Å². The van der Waals surface area contributed by atoms with Gasteiger partial charge in [0.05, 0.1) is 11.4 Å². The molecule has 1 N–H and O–H groups in total. The van der Waals surface area contributed by atoms with Gasteiger partial charge in [0.25, 0.3) is 5.91 Å². The van der Waals surface area contributed by atoms with Crippen molar-refractivity contribution in [3.05, 3.63) is 70.4 Å². The third-order valence-corrected chi connectivity index (χ3v) is 4.93. The van der Waals surface area contributed by atoms with Crippen LogP contribution in [0.1, 0.15) is 26.5 Å². The Labute approximate surface area is 145 Å². The van der Waals surface area contributed by atoms with Crippen molar-refractivity contribution in [1.29, 1.82) is 0 Å². The normalized spacial score (nSPS) is 10.6. The highest BCUT2D eigenvalue weighted by Gasteiger charge is 2.11. The average molecular weight is 337 g/mol. The maximum absolute atomic E-state index is 12.2. The van der Waals surface area contributed by atoms with Crippen molar-refractivity contribution in [3.63, 3.8) is 0 Å². The third-order valence-electron chi connectivity index (χ3n) is 3.69. The van der Waals surface area contributed by atoms with E-state index in [9.17, 15) is 4.79 Å². The van der Waals surface area contributed by atoms with Crippen LogP contribution in [-0.4, -0.2) is 22.4 Å². The highest BCUT2D eigenvalue weighted by Crippen LogP contribution is 2.26. The summed E-state index contributed by atoms with van der Waals surface area (Å²) in [5, 5.41) is 3.90. The van der Waals surface area contributed by atoms with Crippen LogP contribution in [0.3, 0.4) is 0 Å². The maximum Gasteiger partial charge on any atom is 0.251 e. The van der Waals surface area contributed by atoms with E-state index < -0.39 is 0 Å². The minimum Gasteiger partial charge on any atom is -0.352 e. The Morgan fingerprint density at radius 2 is 2.04 bits per heavy atom. The molecule has 0 aliphatic rings. The first-order valence-corrected chi connectivity index (χ1v) is 8.68. The number of aromatic nitrogens is 2. The molecule has 2 aromatic heterocycles. The van der Waals surface area contributed by atoms with Crippen LogP contribution in [0.15, 0.2) is 48.7 Å². The molecule has 2 heterocycles. The van der Waals surface area contributed by atoms with E-state index in [0.717, 1.165) is 28.4 Å². The van der Waals surface area contributed by atoms with E-state index in [1.54, 1.807) is 17.5 Å². The van der Waals surface area contributed by atoms with Crippen LogP contribution in [0.4, 0.5) is 0 Å². The molecule has 4 nitrogen and oxygen atoms in total. The molecule has 0 fully saturated rings.